The lowest BCUT2D eigenvalue weighted by Crippen LogP contribution is -2.31. The number of rotatable bonds is 9. The van der Waals surface area contributed by atoms with Gasteiger partial charge in [-0.1, -0.05) is 36.4 Å². The molecule has 0 radical (unpaired) electrons. The number of carbonyl (C=O) groups excluding carboxylic acids is 1. The highest BCUT2D eigenvalue weighted by Crippen LogP contribution is 2.39. The van der Waals surface area contributed by atoms with Gasteiger partial charge in [0.1, 0.15) is 18.4 Å². The Balaban J connectivity index is 1.51. The number of primary amides is 1. The van der Waals surface area contributed by atoms with E-state index in [2.05, 4.69) is 5.32 Å². The van der Waals surface area contributed by atoms with Crippen molar-refractivity contribution in [2.75, 3.05) is 19.0 Å². The first-order valence-corrected chi connectivity index (χ1v) is 12.3. The van der Waals surface area contributed by atoms with Crippen LogP contribution in [0.5, 0.6) is 17.2 Å². The average Bonchev–Trinajstić information content (AvgIpc) is 3.35. The van der Waals surface area contributed by atoms with E-state index in [4.69, 9.17) is 30.0 Å². The van der Waals surface area contributed by atoms with Crippen LogP contribution in [0.4, 0.5) is 5.95 Å². The number of benzene rings is 3. The van der Waals surface area contributed by atoms with Crippen LogP contribution in [0.3, 0.4) is 0 Å². The number of fused-ring (bicyclic) bond motifs is 1. The van der Waals surface area contributed by atoms with Gasteiger partial charge < -0.3 is 25.3 Å². The van der Waals surface area contributed by atoms with Gasteiger partial charge in [-0.25, -0.2) is 4.68 Å². The van der Waals surface area contributed by atoms with E-state index >= 15 is 0 Å². The molecule has 2 heterocycles. The van der Waals surface area contributed by atoms with Crippen LogP contribution in [0.15, 0.2) is 84.1 Å². The highest BCUT2D eigenvalue weighted by Gasteiger charge is 2.34. The monoisotopic (exact) mass is 511 g/mol. The second kappa shape index (κ2) is 10.7. The lowest BCUT2D eigenvalue weighted by Gasteiger charge is -2.28. The molecule has 9 heteroatoms. The first-order chi connectivity index (χ1) is 18.5. The summed E-state index contributed by atoms with van der Waals surface area (Å²) in [6.07, 6.45) is 0. The number of allylic oxidation sites excluding steroid dienone is 1. The molecule has 5 rings (SSSR count). The number of nitrogens with one attached hydrogen (secondary N) is 1. The van der Waals surface area contributed by atoms with Crippen molar-refractivity contribution >= 4 is 11.9 Å². The van der Waals surface area contributed by atoms with Gasteiger partial charge in [0.2, 0.25) is 11.9 Å². The van der Waals surface area contributed by atoms with Gasteiger partial charge in [0.15, 0.2) is 17.3 Å². The van der Waals surface area contributed by atoms with Crippen molar-refractivity contribution < 1.29 is 19.0 Å². The van der Waals surface area contributed by atoms with Crippen molar-refractivity contribution in [1.29, 1.82) is 0 Å². The van der Waals surface area contributed by atoms with Gasteiger partial charge in [0, 0.05) is 11.3 Å². The fourth-order valence-corrected chi connectivity index (χ4v) is 4.48. The summed E-state index contributed by atoms with van der Waals surface area (Å²) in [6.45, 7) is 4.72. The maximum atomic E-state index is 12.6. The summed E-state index contributed by atoms with van der Waals surface area (Å²) >= 11 is 0. The van der Waals surface area contributed by atoms with Crippen molar-refractivity contribution in [3.8, 4) is 28.6 Å². The van der Waals surface area contributed by atoms with Crippen molar-refractivity contribution in [3.63, 3.8) is 0 Å². The molecular weight excluding hydrogens is 482 g/mol. The zero-order valence-electron chi connectivity index (χ0n) is 21.5. The molecule has 0 aliphatic carbocycles. The van der Waals surface area contributed by atoms with Crippen LogP contribution >= 0.6 is 0 Å². The van der Waals surface area contributed by atoms with E-state index in [0.717, 1.165) is 22.4 Å². The maximum Gasteiger partial charge on any atom is 0.248 e. The lowest BCUT2D eigenvalue weighted by molar-refractivity contribution is -0.115. The molecule has 1 aliphatic rings. The smallest absolute Gasteiger partial charge is 0.248 e. The fourth-order valence-electron chi connectivity index (χ4n) is 4.48. The summed E-state index contributed by atoms with van der Waals surface area (Å²) in [5.74, 6) is 2.35. The summed E-state index contributed by atoms with van der Waals surface area (Å²) < 4.78 is 18.9. The number of nitrogens with zero attached hydrogens (tertiary/aromatic N) is 3. The molecule has 9 nitrogen and oxygen atoms in total. The Hall–Kier alpha value is -4.79. The van der Waals surface area contributed by atoms with Gasteiger partial charge in [-0.15, -0.1) is 5.10 Å². The molecule has 1 atom stereocenters. The summed E-state index contributed by atoms with van der Waals surface area (Å²) in [7, 11) is 1.58. The number of anilines is 1. The number of amides is 1. The third-order valence-corrected chi connectivity index (χ3v) is 6.28. The molecular formula is C29H29N5O4. The lowest BCUT2D eigenvalue weighted by atomic mass is 9.95. The van der Waals surface area contributed by atoms with Gasteiger partial charge in [-0.3, -0.25) is 4.79 Å². The largest absolute Gasteiger partial charge is 0.494 e. The van der Waals surface area contributed by atoms with E-state index in [1.54, 1.807) is 18.7 Å². The second-order valence-electron chi connectivity index (χ2n) is 8.78. The average molecular weight is 512 g/mol. The third-order valence-electron chi connectivity index (χ3n) is 6.28. The Kier molecular flexibility index (Phi) is 6.99. The Morgan fingerprint density at radius 1 is 1.03 bits per heavy atom. The van der Waals surface area contributed by atoms with Gasteiger partial charge in [-0.05, 0) is 61.4 Å². The number of nitrogens with two attached hydrogens (primary N) is 1. The van der Waals surface area contributed by atoms with E-state index in [0.29, 0.717) is 47.8 Å². The molecule has 0 bridgehead atoms. The SMILES string of the molecule is CCOc1ccc(-c2nc3n(n2)C(c2ccc(OCc4ccccc4)c(OC)c2)C(C(N)=O)=C(C)N3)cc1. The third kappa shape index (κ3) is 4.90. The van der Waals surface area contributed by atoms with Gasteiger partial charge in [0.05, 0.1) is 19.3 Å². The summed E-state index contributed by atoms with van der Waals surface area (Å²) in [5.41, 5.74) is 9.47. The molecule has 1 aliphatic heterocycles. The van der Waals surface area contributed by atoms with Crippen molar-refractivity contribution in [1.82, 2.24) is 14.8 Å². The van der Waals surface area contributed by atoms with Crippen molar-refractivity contribution in [3.05, 3.63) is 95.2 Å². The molecule has 38 heavy (non-hydrogen) atoms. The number of aromatic nitrogens is 3. The van der Waals surface area contributed by atoms with Gasteiger partial charge in [0.25, 0.3) is 0 Å². The van der Waals surface area contributed by atoms with Crippen LogP contribution in [-0.2, 0) is 11.4 Å². The fraction of sp³-hybridized carbons (Fsp3) is 0.207. The number of ether oxygens (including phenoxy) is 3. The van der Waals surface area contributed by atoms with E-state index in [1.165, 1.54) is 0 Å². The number of hydrogen-bond donors (Lipinski definition) is 2. The van der Waals surface area contributed by atoms with Crippen LogP contribution in [0.25, 0.3) is 11.4 Å². The first kappa shape index (κ1) is 24.9. The normalized spacial score (nSPS) is 14.4. The zero-order chi connectivity index (χ0) is 26.6. The second-order valence-corrected chi connectivity index (χ2v) is 8.78. The molecule has 194 valence electrons. The van der Waals surface area contributed by atoms with Crippen LogP contribution in [-0.4, -0.2) is 34.4 Å². The highest BCUT2D eigenvalue weighted by atomic mass is 16.5. The summed E-state index contributed by atoms with van der Waals surface area (Å²) in [6, 6.07) is 22.4. The highest BCUT2D eigenvalue weighted by molar-refractivity contribution is 5.95. The molecule has 0 fully saturated rings. The molecule has 3 aromatic carbocycles. The van der Waals surface area contributed by atoms with Crippen LogP contribution in [0.1, 0.15) is 31.0 Å². The predicted octanol–water partition coefficient (Wildman–Crippen LogP) is 4.71. The van der Waals surface area contributed by atoms with Crippen molar-refractivity contribution in [2.24, 2.45) is 5.73 Å². The molecule has 4 aromatic rings. The Morgan fingerprint density at radius 2 is 1.79 bits per heavy atom. The molecule has 1 unspecified atom stereocenters. The summed E-state index contributed by atoms with van der Waals surface area (Å²) in [5, 5.41) is 7.94. The molecule has 3 N–H and O–H groups in total. The number of hydrogen-bond acceptors (Lipinski definition) is 7. The van der Waals surface area contributed by atoms with Gasteiger partial charge in [-0.2, -0.15) is 4.98 Å². The quantitative estimate of drug-likeness (QED) is 0.335. The number of methoxy groups -OCH3 is 1. The van der Waals surface area contributed by atoms with E-state index in [-0.39, 0.29) is 0 Å². The topological polar surface area (TPSA) is 114 Å². The van der Waals surface area contributed by atoms with Crippen molar-refractivity contribution in [2.45, 2.75) is 26.5 Å². The molecule has 1 amide bonds. The van der Waals surface area contributed by atoms with E-state index < -0.39 is 11.9 Å². The molecule has 0 spiro atoms. The minimum absolute atomic E-state index is 0.389. The summed E-state index contributed by atoms with van der Waals surface area (Å²) in [4.78, 5) is 17.3. The van der Waals surface area contributed by atoms with Crippen LogP contribution < -0.4 is 25.3 Å². The standard InChI is InChI=1S/C29H29N5O4/c1-4-37-22-13-10-20(11-14-22)28-32-29-31-18(2)25(27(30)35)26(34(29)33-28)21-12-15-23(24(16-21)36-3)38-17-19-8-6-5-7-9-19/h5-16,26H,4,17H2,1-3H3,(H2,30,35)(H,31,32,33). The van der Waals surface area contributed by atoms with E-state index in [9.17, 15) is 4.79 Å². The molecule has 0 saturated carbocycles. The van der Waals surface area contributed by atoms with Gasteiger partial charge >= 0.3 is 0 Å². The number of carbonyl (C=O) groups is 1. The Morgan fingerprint density at radius 3 is 2.47 bits per heavy atom. The Bertz CT molecular complexity index is 1480. The van der Waals surface area contributed by atoms with Crippen LogP contribution in [0.2, 0.25) is 0 Å². The first-order valence-electron chi connectivity index (χ1n) is 12.3. The molecule has 1 aromatic heterocycles. The minimum Gasteiger partial charge on any atom is -0.494 e. The maximum absolute atomic E-state index is 12.6. The van der Waals surface area contributed by atoms with E-state index in [1.807, 2.05) is 79.7 Å². The predicted molar refractivity (Wildman–Crippen MR) is 144 cm³/mol. The minimum atomic E-state index is -0.607. The molecule has 0 saturated heterocycles. The van der Waals surface area contributed by atoms with Crippen LogP contribution in [0, 0.1) is 0 Å². The zero-order valence-corrected chi connectivity index (χ0v) is 21.5. The Labute approximate surface area is 220 Å².